The van der Waals surface area contributed by atoms with Crippen molar-refractivity contribution in [2.45, 2.75) is 39.5 Å². The highest BCUT2D eigenvalue weighted by Gasteiger charge is 2.38. The van der Waals surface area contributed by atoms with Crippen LogP contribution in [0.4, 0.5) is 0 Å². The molecular weight excluding hydrogens is 166 g/mol. The number of carbonyl (C=O) groups excluding carboxylic acids is 2. The minimum absolute atomic E-state index is 0.0231. The first kappa shape index (κ1) is 10.2. The number of nitrogens with one attached hydrogen (secondary N) is 1. The summed E-state index contributed by atoms with van der Waals surface area (Å²) < 4.78 is 0. The van der Waals surface area contributed by atoms with Crippen LogP contribution in [-0.4, -0.2) is 18.2 Å². The number of carbonyl (C=O) groups is 2. The van der Waals surface area contributed by atoms with E-state index in [4.69, 9.17) is 0 Å². The van der Waals surface area contributed by atoms with Crippen molar-refractivity contribution in [2.75, 3.05) is 6.54 Å². The molecule has 1 N–H and O–H groups in total. The minimum atomic E-state index is -0.350. The largest absolute Gasteiger partial charge is 0.356 e. The zero-order valence-electron chi connectivity index (χ0n) is 8.35. The van der Waals surface area contributed by atoms with Gasteiger partial charge in [-0.2, -0.15) is 0 Å². The average molecular weight is 183 g/mol. The second-order valence-corrected chi connectivity index (χ2v) is 3.86. The fraction of sp³-hybridized carbons (Fsp3) is 0.800. The van der Waals surface area contributed by atoms with Gasteiger partial charge in [0.25, 0.3) is 0 Å². The fourth-order valence-electron chi connectivity index (χ4n) is 2.07. The predicted molar refractivity (Wildman–Crippen MR) is 50.3 cm³/mol. The Morgan fingerprint density at radius 3 is 2.77 bits per heavy atom. The molecule has 0 radical (unpaired) electrons. The highest BCUT2D eigenvalue weighted by atomic mass is 16.2. The van der Waals surface area contributed by atoms with Gasteiger partial charge in [-0.05, 0) is 19.8 Å². The third-order valence-electron chi connectivity index (χ3n) is 2.90. The third-order valence-corrected chi connectivity index (χ3v) is 2.90. The van der Waals surface area contributed by atoms with Crippen LogP contribution in [0.2, 0.25) is 0 Å². The molecule has 1 atom stereocenters. The fourth-order valence-corrected chi connectivity index (χ4v) is 2.07. The van der Waals surface area contributed by atoms with Gasteiger partial charge in [0.15, 0.2) is 0 Å². The lowest BCUT2D eigenvalue weighted by molar-refractivity contribution is -0.137. The Kier molecular flexibility index (Phi) is 3.07. The van der Waals surface area contributed by atoms with Gasteiger partial charge in [-0.1, -0.05) is 13.3 Å². The Bertz CT molecular complexity index is 221. The molecule has 13 heavy (non-hydrogen) atoms. The van der Waals surface area contributed by atoms with Crippen molar-refractivity contribution in [1.82, 2.24) is 5.32 Å². The summed E-state index contributed by atoms with van der Waals surface area (Å²) in [6, 6.07) is 0. The lowest BCUT2D eigenvalue weighted by Crippen LogP contribution is -2.44. The molecule has 0 aliphatic carbocycles. The summed E-state index contributed by atoms with van der Waals surface area (Å²) in [5.74, 6) is 0.194. The average Bonchev–Trinajstić information content (AvgIpc) is 2.04. The van der Waals surface area contributed by atoms with Crippen molar-refractivity contribution < 1.29 is 9.59 Å². The molecule has 74 valence electrons. The zero-order chi connectivity index (χ0) is 9.90. The van der Waals surface area contributed by atoms with E-state index in [-0.39, 0.29) is 17.1 Å². The molecule has 1 fully saturated rings. The van der Waals surface area contributed by atoms with Crippen LogP contribution in [0, 0.1) is 5.41 Å². The topological polar surface area (TPSA) is 46.2 Å². The third kappa shape index (κ3) is 2.08. The number of piperidine rings is 1. The van der Waals surface area contributed by atoms with Crippen molar-refractivity contribution >= 4 is 11.7 Å². The summed E-state index contributed by atoms with van der Waals surface area (Å²) in [4.78, 5) is 22.7. The van der Waals surface area contributed by atoms with Gasteiger partial charge in [-0.15, -0.1) is 0 Å². The molecule has 0 saturated carbocycles. The molecule has 1 aliphatic heterocycles. The van der Waals surface area contributed by atoms with Crippen LogP contribution >= 0.6 is 0 Å². The molecule has 0 aromatic rings. The van der Waals surface area contributed by atoms with Crippen molar-refractivity contribution in [2.24, 2.45) is 5.41 Å². The Labute approximate surface area is 78.9 Å². The van der Waals surface area contributed by atoms with E-state index in [0.29, 0.717) is 13.0 Å². The van der Waals surface area contributed by atoms with Gasteiger partial charge in [0.05, 0.1) is 0 Å². The van der Waals surface area contributed by atoms with Gasteiger partial charge in [0, 0.05) is 18.4 Å². The predicted octanol–water partition coefficient (Wildman–Crippen LogP) is 1.27. The van der Waals surface area contributed by atoms with Gasteiger partial charge >= 0.3 is 0 Å². The normalized spacial score (nSPS) is 28.3. The molecule has 0 aromatic carbocycles. The number of amides is 1. The van der Waals surface area contributed by atoms with Gasteiger partial charge in [0.2, 0.25) is 5.91 Å². The zero-order valence-corrected chi connectivity index (χ0v) is 8.35. The Balaban J connectivity index is 2.76. The SMILES string of the molecule is CCCC1(C(C)=O)CCNC(=O)C1. The smallest absolute Gasteiger partial charge is 0.221 e. The van der Waals surface area contributed by atoms with E-state index in [0.717, 1.165) is 19.3 Å². The van der Waals surface area contributed by atoms with E-state index in [1.165, 1.54) is 0 Å². The standard InChI is InChI=1S/C10H17NO2/c1-3-4-10(8(2)12)5-6-11-9(13)7-10/h3-7H2,1-2H3,(H,11,13). The summed E-state index contributed by atoms with van der Waals surface area (Å²) >= 11 is 0. The van der Waals surface area contributed by atoms with E-state index < -0.39 is 0 Å². The Morgan fingerprint density at radius 2 is 2.31 bits per heavy atom. The van der Waals surface area contributed by atoms with E-state index in [9.17, 15) is 9.59 Å². The van der Waals surface area contributed by atoms with Crippen LogP contribution in [0.3, 0.4) is 0 Å². The van der Waals surface area contributed by atoms with Crippen LogP contribution in [0.25, 0.3) is 0 Å². The summed E-state index contributed by atoms with van der Waals surface area (Å²) in [6.07, 6.45) is 3.00. The number of hydrogen-bond acceptors (Lipinski definition) is 2. The van der Waals surface area contributed by atoms with Crippen LogP contribution in [0.5, 0.6) is 0 Å². The molecule has 1 amide bonds. The second-order valence-electron chi connectivity index (χ2n) is 3.86. The Morgan fingerprint density at radius 1 is 1.62 bits per heavy atom. The Hall–Kier alpha value is -0.860. The molecule has 1 aliphatic rings. The summed E-state index contributed by atoms with van der Waals surface area (Å²) in [5.41, 5.74) is -0.350. The van der Waals surface area contributed by atoms with Crippen LogP contribution < -0.4 is 5.32 Å². The van der Waals surface area contributed by atoms with Gasteiger partial charge < -0.3 is 5.32 Å². The molecule has 3 nitrogen and oxygen atoms in total. The van der Waals surface area contributed by atoms with Crippen molar-refractivity contribution in [3.05, 3.63) is 0 Å². The highest BCUT2D eigenvalue weighted by Crippen LogP contribution is 2.35. The molecule has 1 unspecified atom stereocenters. The first-order valence-corrected chi connectivity index (χ1v) is 4.88. The van der Waals surface area contributed by atoms with Crippen LogP contribution in [0.15, 0.2) is 0 Å². The maximum absolute atomic E-state index is 11.5. The summed E-state index contributed by atoms with van der Waals surface area (Å²) in [6.45, 7) is 4.31. The molecule has 0 bridgehead atoms. The number of rotatable bonds is 3. The maximum Gasteiger partial charge on any atom is 0.221 e. The molecule has 0 spiro atoms. The lowest BCUT2D eigenvalue weighted by Gasteiger charge is -2.34. The first-order chi connectivity index (χ1) is 6.10. The summed E-state index contributed by atoms with van der Waals surface area (Å²) in [5, 5.41) is 2.76. The van der Waals surface area contributed by atoms with E-state index in [1.54, 1.807) is 6.92 Å². The minimum Gasteiger partial charge on any atom is -0.356 e. The van der Waals surface area contributed by atoms with E-state index in [1.807, 2.05) is 0 Å². The van der Waals surface area contributed by atoms with Crippen LogP contribution in [-0.2, 0) is 9.59 Å². The van der Waals surface area contributed by atoms with E-state index >= 15 is 0 Å². The lowest BCUT2D eigenvalue weighted by atomic mass is 9.72. The molecule has 1 saturated heterocycles. The van der Waals surface area contributed by atoms with Gasteiger partial charge in [-0.25, -0.2) is 0 Å². The van der Waals surface area contributed by atoms with E-state index in [2.05, 4.69) is 12.2 Å². The quantitative estimate of drug-likeness (QED) is 0.716. The van der Waals surface area contributed by atoms with Gasteiger partial charge in [0.1, 0.15) is 5.78 Å². The van der Waals surface area contributed by atoms with Crippen molar-refractivity contribution in [3.8, 4) is 0 Å². The molecule has 1 rings (SSSR count). The first-order valence-electron chi connectivity index (χ1n) is 4.88. The number of hydrogen-bond donors (Lipinski definition) is 1. The van der Waals surface area contributed by atoms with Crippen molar-refractivity contribution in [1.29, 1.82) is 0 Å². The number of ketones is 1. The summed E-state index contributed by atoms with van der Waals surface area (Å²) in [7, 11) is 0. The maximum atomic E-state index is 11.5. The van der Waals surface area contributed by atoms with Gasteiger partial charge in [-0.3, -0.25) is 9.59 Å². The highest BCUT2D eigenvalue weighted by molar-refractivity contribution is 5.89. The van der Waals surface area contributed by atoms with Crippen molar-refractivity contribution in [3.63, 3.8) is 0 Å². The molecule has 3 heteroatoms. The molecular formula is C10H17NO2. The second kappa shape index (κ2) is 3.90. The monoisotopic (exact) mass is 183 g/mol. The molecule has 0 aromatic heterocycles. The number of Topliss-reactive ketones (excluding diaryl/α,β-unsaturated/α-hetero) is 1. The van der Waals surface area contributed by atoms with Crippen LogP contribution in [0.1, 0.15) is 39.5 Å². The molecule has 1 heterocycles.